The standard InChI is InChI=1S/C28H36N4O3/c1-30-15-13-20-7-10-25(19-22(20)14-16-30)32-18-17-31(28(32)35)24-11-8-23(9-12-24)29-26(27(33)34)21-5-3-2-4-6-21/h2-7,10,19,23-24,26,29H,8-9,11-18H2,1H3,(H,33,34). The number of likely N-dealkylation sites (N-methyl/N-ethyl adjacent to an activating group) is 1. The smallest absolute Gasteiger partial charge is 0.325 e. The Kier molecular flexibility index (Phi) is 7.07. The number of amides is 2. The first-order chi connectivity index (χ1) is 17.0. The Balaban J connectivity index is 1.19. The predicted molar refractivity (Wildman–Crippen MR) is 137 cm³/mol. The van der Waals surface area contributed by atoms with Crippen LogP contribution < -0.4 is 10.2 Å². The second-order valence-electron chi connectivity index (χ2n) is 10.2. The summed E-state index contributed by atoms with van der Waals surface area (Å²) in [6.07, 6.45) is 5.64. The lowest BCUT2D eigenvalue weighted by atomic mass is 9.89. The van der Waals surface area contributed by atoms with E-state index in [9.17, 15) is 14.7 Å². The lowest BCUT2D eigenvalue weighted by Gasteiger charge is -2.35. The number of carbonyl (C=O) groups is 2. The summed E-state index contributed by atoms with van der Waals surface area (Å²) in [6, 6.07) is 15.7. The van der Waals surface area contributed by atoms with E-state index in [1.165, 1.54) is 11.1 Å². The van der Waals surface area contributed by atoms with E-state index in [-0.39, 0.29) is 18.1 Å². The van der Waals surface area contributed by atoms with Gasteiger partial charge in [-0.2, -0.15) is 0 Å². The third-order valence-electron chi connectivity index (χ3n) is 7.99. The lowest BCUT2D eigenvalue weighted by molar-refractivity contribution is -0.140. The van der Waals surface area contributed by atoms with E-state index in [0.29, 0.717) is 0 Å². The molecule has 1 unspecified atom stereocenters. The number of hydrogen-bond donors (Lipinski definition) is 2. The minimum atomic E-state index is -0.851. The van der Waals surface area contributed by atoms with Crippen molar-refractivity contribution in [2.45, 2.75) is 56.7 Å². The maximum atomic E-state index is 13.4. The molecule has 1 aliphatic carbocycles. The van der Waals surface area contributed by atoms with Gasteiger partial charge in [-0.1, -0.05) is 36.4 Å². The number of fused-ring (bicyclic) bond motifs is 1. The number of carboxylic acid groups (broad SMARTS) is 1. The molecule has 0 aromatic heterocycles. The van der Waals surface area contributed by atoms with Gasteiger partial charge in [0.25, 0.3) is 0 Å². The van der Waals surface area contributed by atoms with Crippen LogP contribution >= 0.6 is 0 Å². The van der Waals surface area contributed by atoms with Gasteiger partial charge in [-0.15, -0.1) is 0 Å². The SMILES string of the molecule is CN1CCc2ccc(N3CCN(C4CCC(NC(C(=O)O)c5ccccc5)CC4)C3=O)cc2CC1. The Hall–Kier alpha value is -2.90. The van der Waals surface area contributed by atoms with Crippen LogP contribution in [0.3, 0.4) is 0 Å². The zero-order valence-corrected chi connectivity index (χ0v) is 20.5. The van der Waals surface area contributed by atoms with E-state index >= 15 is 0 Å². The van der Waals surface area contributed by atoms with E-state index in [4.69, 9.17) is 0 Å². The number of nitrogens with one attached hydrogen (secondary N) is 1. The number of carbonyl (C=O) groups excluding carboxylic acids is 1. The van der Waals surface area contributed by atoms with Crippen molar-refractivity contribution in [3.8, 4) is 0 Å². The molecule has 0 radical (unpaired) electrons. The molecule has 1 atom stereocenters. The van der Waals surface area contributed by atoms with Gasteiger partial charge >= 0.3 is 12.0 Å². The van der Waals surface area contributed by atoms with Crippen molar-refractivity contribution in [1.29, 1.82) is 0 Å². The zero-order chi connectivity index (χ0) is 24.4. The number of nitrogens with zero attached hydrogens (tertiary/aromatic N) is 3. The number of anilines is 1. The minimum Gasteiger partial charge on any atom is -0.480 e. The van der Waals surface area contributed by atoms with Gasteiger partial charge in [0.05, 0.1) is 0 Å². The molecule has 35 heavy (non-hydrogen) atoms. The van der Waals surface area contributed by atoms with Crippen LogP contribution in [0.1, 0.15) is 48.4 Å². The molecule has 5 rings (SSSR count). The molecule has 0 bridgehead atoms. The van der Waals surface area contributed by atoms with Gasteiger partial charge in [-0.05, 0) is 74.4 Å². The Bertz CT molecular complexity index is 1050. The molecule has 7 heteroatoms. The second kappa shape index (κ2) is 10.4. The summed E-state index contributed by atoms with van der Waals surface area (Å²) in [5.41, 5.74) is 4.57. The van der Waals surface area contributed by atoms with Gasteiger partial charge in [0.15, 0.2) is 0 Å². The Morgan fingerprint density at radius 1 is 0.943 bits per heavy atom. The fourth-order valence-corrected chi connectivity index (χ4v) is 5.87. The number of urea groups is 1. The molecule has 2 heterocycles. The second-order valence-corrected chi connectivity index (χ2v) is 10.2. The molecule has 2 aromatic carbocycles. The predicted octanol–water partition coefficient (Wildman–Crippen LogP) is 3.69. The van der Waals surface area contributed by atoms with Crippen LogP contribution in [0.2, 0.25) is 0 Å². The van der Waals surface area contributed by atoms with Gasteiger partial charge in [0, 0.05) is 44.0 Å². The van der Waals surface area contributed by atoms with E-state index in [1.54, 1.807) is 0 Å². The fraction of sp³-hybridized carbons (Fsp3) is 0.500. The van der Waals surface area contributed by atoms with Crippen LogP contribution in [-0.4, -0.2) is 72.2 Å². The molecular weight excluding hydrogens is 440 g/mol. The van der Waals surface area contributed by atoms with Gasteiger partial charge in [0.2, 0.25) is 0 Å². The van der Waals surface area contributed by atoms with Crippen molar-refractivity contribution in [2.24, 2.45) is 0 Å². The number of benzene rings is 2. The Morgan fingerprint density at radius 3 is 2.37 bits per heavy atom. The van der Waals surface area contributed by atoms with Crippen LogP contribution in [0, 0.1) is 0 Å². The molecule has 2 amide bonds. The number of carboxylic acids is 1. The van der Waals surface area contributed by atoms with Crippen molar-refractivity contribution in [2.75, 3.05) is 38.1 Å². The van der Waals surface area contributed by atoms with Gasteiger partial charge in [-0.3, -0.25) is 15.0 Å². The van der Waals surface area contributed by atoms with Crippen molar-refractivity contribution in [3.05, 3.63) is 65.2 Å². The van der Waals surface area contributed by atoms with Gasteiger partial charge in [0.1, 0.15) is 6.04 Å². The first kappa shape index (κ1) is 23.8. The van der Waals surface area contributed by atoms with Crippen LogP contribution in [0.25, 0.3) is 0 Å². The topological polar surface area (TPSA) is 76.1 Å². The molecule has 2 aromatic rings. The quantitative estimate of drug-likeness (QED) is 0.665. The summed E-state index contributed by atoms with van der Waals surface area (Å²) < 4.78 is 0. The van der Waals surface area contributed by atoms with Crippen LogP contribution in [0.5, 0.6) is 0 Å². The summed E-state index contributed by atoms with van der Waals surface area (Å²) in [6.45, 7) is 3.62. The number of aliphatic carboxylic acids is 1. The maximum Gasteiger partial charge on any atom is 0.325 e. The summed E-state index contributed by atoms with van der Waals surface area (Å²) in [7, 11) is 2.17. The summed E-state index contributed by atoms with van der Waals surface area (Å²) in [4.78, 5) is 31.6. The highest BCUT2D eigenvalue weighted by Gasteiger charge is 2.37. The molecule has 1 saturated carbocycles. The summed E-state index contributed by atoms with van der Waals surface area (Å²) in [5, 5.41) is 13.1. The zero-order valence-electron chi connectivity index (χ0n) is 20.5. The third kappa shape index (κ3) is 5.21. The monoisotopic (exact) mass is 476 g/mol. The number of rotatable bonds is 6. The molecule has 186 valence electrons. The van der Waals surface area contributed by atoms with Crippen LogP contribution in [0.15, 0.2) is 48.5 Å². The molecular formula is C28H36N4O3. The summed E-state index contributed by atoms with van der Waals surface area (Å²) in [5.74, 6) is -0.851. The van der Waals surface area contributed by atoms with Crippen molar-refractivity contribution in [3.63, 3.8) is 0 Å². The largest absolute Gasteiger partial charge is 0.480 e. The highest BCUT2D eigenvalue weighted by molar-refractivity contribution is 5.94. The molecule has 2 fully saturated rings. The molecule has 0 spiro atoms. The molecule has 2 aliphatic heterocycles. The van der Waals surface area contributed by atoms with E-state index in [2.05, 4.69) is 35.5 Å². The van der Waals surface area contributed by atoms with Gasteiger partial charge < -0.3 is 14.9 Å². The normalized spacial score (nSPS) is 24.2. The van der Waals surface area contributed by atoms with Crippen molar-refractivity contribution < 1.29 is 14.7 Å². The first-order valence-corrected chi connectivity index (χ1v) is 12.9. The maximum absolute atomic E-state index is 13.4. The molecule has 3 aliphatic rings. The summed E-state index contributed by atoms with van der Waals surface area (Å²) >= 11 is 0. The number of hydrogen-bond acceptors (Lipinski definition) is 4. The van der Waals surface area contributed by atoms with E-state index < -0.39 is 12.0 Å². The van der Waals surface area contributed by atoms with Crippen LogP contribution in [-0.2, 0) is 17.6 Å². The minimum absolute atomic E-state index is 0.111. The van der Waals surface area contributed by atoms with Crippen molar-refractivity contribution in [1.82, 2.24) is 15.1 Å². The first-order valence-electron chi connectivity index (χ1n) is 12.9. The molecule has 1 saturated heterocycles. The van der Waals surface area contributed by atoms with E-state index in [0.717, 1.165) is 76.0 Å². The average molecular weight is 477 g/mol. The Morgan fingerprint density at radius 2 is 1.66 bits per heavy atom. The Labute approximate surface area is 207 Å². The lowest BCUT2D eigenvalue weighted by Crippen LogP contribution is -2.45. The molecule has 7 nitrogen and oxygen atoms in total. The van der Waals surface area contributed by atoms with Crippen LogP contribution in [0.4, 0.5) is 10.5 Å². The average Bonchev–Trinajstić information content (AvgIpc) is 3.16. The van der Waals surface area contributed by atoms with Gasteiger partial charge in [-0.25, -0.2) is 4.79 Å². The highest BCUT2D eigenvalue weighted by atomic mass is 16.4. The highest BCUT2D eigenvalue weighted by Crippen LogP contribution is 2.31. The van der Waals surface area contributed by atoms with E-state index in [1.807, 2.05) is 40.1 Å². The van der Waals surface area contributed by atoms with Crippen molar-refractivity contribution >= 4 is 17.7 Å². The fourth-order valence-electron chi connectivity index (χ4n) is 5.87. The third-order valence-corrected chi connectivity index (χ3v) is 7.99. The molecule has 2 N–H and O–H groups in total.